The molecule has 6 nitrogen and oxygen atoms in total. The summed E-state index contributed by atoms with van der Waals surface area (Å²) in [5.74, 6) is -0.741. The van der Waals surface area contributed by atoms with E-state index in [2.05, 4.69) is 10.1 Å². The van der Waals surface area contributed by atoms with E-state index in [4.69, 9.17) is 9.26 Å². The smallest absolute Gasteiger partial charge is 0.342 e. The zero-order valence-electron chi connectivity index (χ0n) is 17.7. The van der Waals surface area contributed by atoms with E-state index in [1.807, 2.05) is 30.3 Å². The zero-order valence-corrected chi connectivity index (χ0v) is 17.7. The monoisotopic (exact) mass is 434 g/mol. The molecule has 7 heteroatoms. The molecule has 1 aromatic carbocycles. The summed E-state index contributed by atoms with van der Waals surface area (Å²) in [6.45, 7) is 3.33. The summed E-state index contributed by atoms with van der Waals surface area (Å²) in [5, 5.41) is 16.1. The largest absolute Gasteiger partial charge is 0.505 e. The Hall–Kier alpha value is -3.61. The fourth-order valence-corrected chi connectivity index (χ4v) is 4.68. The number of carbonyl (C=O) groups excluding carboxylic acids is 1. The van der Waals surface area contributed by atoms with Gasteiger partial charge < -0.3 is 19.3 Å². The Balaban J connectivity index is 1.45. The number of anilines is 1. The van der Waals surface area contributed by atoms with Crippen LogP contribution in [0.1, 0.15) is 41.7 Å². The van der Waals surface area contributed by atoms with Crippen LogP contribution in [-0.2, 0) is 4.74 Å². The Kier molecular flexibility index (Phi) is 5.17. The number of rotatable bonds is 4. The molecule has 1 fully saturated rings. The molecule has 5 rings (SSSR count). The third-order valence-electron chi connectivity index (χ3n) is 6.16. The number of esters is 1. The van der Waals surface area contributed by atoms with Crippen LogP contribution < -0.4 is 4.90 Å². The number of hydrogen-bond acceptors (Lipinski definition) is 6. The molecule has 0 saturated carbocycles. The van der Waals surface area contributed by atoms with Crippen LogP contribution in [-0.4, -0.2) is 35.9 Å². The van der Waals surface area contributed by atoms with Crippen molar-refractivity contribution in [2.75, 3.05) is 24.6 Å². The van der Waals surface area contributed by atoms with Crippen LogP contribution in [0.25, 0.3) is 22.1 Å². The summed E-state index contributed by atoms with van der Waals surface area (Å²) in [6.07, 6.45) is 1.58. The lowest BCUT2D eigenvalue weighted by molar-refractivity contribution is 0.0524. The van der Waals surface area contributed by atoms with Gasteiger partial charge in [0.05, 0.1) is 18.0 Å². The summed E-state index contributed by atoms with van der Waals surface area (Å²) >= 11 is 0. The molecule has 1 N–H and O–H groups in total. The Morgan fingerprint density at radius 3 is 2.69 bits per heavy atom. The van der Waals surface area contributed by atoms with Crippen molar-refractivity contribution in [1.82, 2.24) is 5.16 Å². The van der Waals surface area contributed by atoms with Gasteiger partial charge in [-0.1, -0.05) is 35.5 Å². The van der Waals surface area contributed by atoms with Gasteiger partial charge in [0.2, 0.25) is 0 Å². The lowest BCUT2D eigenvalue weighted by Gasteiger charge is -2.33. The molecule has 0 spiro atoms. The minimum Gasteiger partial charge on any atom is -0.505 e. The van der Waals surface area contributed by atoms with Gasteiger partial charge in [-0.3, -0.25) is 0 Å². The Bertz CT molecular complexity index is 1260. The first kappa shape index (κ1) is 20.3. The van der Waals surface area contributed by atoms with Crippen molar-refractivity contribution in [3.63, 3.8) is 0 Å². The van der Waals surface area contributed by atoms with Crippen molar-refractivity contribution in [2.24, 2.45) is 0 Å². The maximum Gasteiger partial charge on any atom is 0.342 e. The maximum absolute atomic E-state index is 13.5. The van der Waals surface area contributed by atoms with Gasteiger partial charge in [-0.15, -0.1) is 0 Å². The third-order valence-corrected chi connectivity index (χ3v) is 6.16. The minimum absolute atomic E-state index is 0.0366. The van der Waals surface area contributed by atoms with Crippen molar-refractivity contribution < 1.29 is 23.6 Å². The minimum atomic E-state index is -0.524. The van der Waals surface area contributed by atoms with Crippen LogP contribution in [0.4, 0.5) is 10.1 Å². The fraction of sp³-hybridized carbons (Fsp3) is 0.280. The van der Waals surface area contributed by atoms with E-state index < -0.39 is 5.97 Å². The highest BCUT2D eigenvalue weighted by atomic mass is 19.1. The molecule has 3 aliphatic rings. The van der Waals surface area contributed by atoms with Crippen molar-refractivity contribution in [1.29, 1.82) is 0 Å². The Labute approximate surface area is 184 Å². The second-order valence-corrected chi connectivity index (χ2v) is 8.00. The topological polar surface area (TPSA) is 75.8 Å². The lowest BCUT2D eigenvalue weighted by atomic mass is 9.91. The Morgan fingerprint density at radius 1 is 1.19 bits per heavy atom. The van der Waals surface area contributed by atoms with E-state index >= 15 is 0 Å². The Morgan fingerprint density at radius 2 is 1.94 bits per heavy atom. The molecular formula is C25H23FN2O4. The number of benzene rings is 1. The maximum atomic E-state index is 13.5. The third kappa shape index (κ3) is 3.34. The second kappa shape index (κ2) is 8.15. The number of carbonyl (C=O) groups is 1. The molecule has 1 saturated heterocycles. The molecular weight excluding hydrogens is 411 g/mol. The average Bonchev–Trinajstić information content (AvgIpc) is 3.22. The molecule has 0 atom stereocenters. The van der Waals surface area contributed by atoms with Crippen LogP contribution in [0.5, 0.6) is 5.75 Å². The van der Waals surface area contributed by atoms with Crippen molar-refractivity contribution in [2.45, 2.75) is 25.7 Å². The molecule has 32 heavy (non-hydrogen) atoms. The number of nitrogens with zero attached hydrogens (tertiary/aromatic N) is 2. The first-order valence-electron chi connectivity index (χ1n) is 10.8. The molecule has 2 aliphatic carbocycles. The zero-order chi connectivity index (χ0) is 22.2. The summed E-state index contributed by atoms with van der Waals surface area (Å²) in [7, 11) is 0. The summed E-state index contributed by atoms with van der Waals surface area (Å²) in [6, 6.07) is 13.9. The normalized spacial score (nSPS) is 14.9. The first-order chi connectivity index (χ1) is 15.6. The first-order valence-corrected chi connectivity index (χ1v) is 10.8. The van der Waals surface area contributed by atoms with E-state index in [1.54, 1.807) is 13.0 Å². The highest BCUT2D eigenvalue weighted by Gasteiger charge is 2.33. The van der Waals surface area contributed by atoms with Crippen molar-refractivity contribution in [3.05, 3.63) is 65.6 Å². The predicted molar refractivity (Wildman–Crippen MR) is 119 cm³/mol. The van der Waals surface area contributed by atoms with E-state index in [-0.39, 0.29) is 29.7 Å². The van der Waals surface area contributed by atoms with Gasteiger partial charge in [-0.05, 0) is 31.9 Å². The fourth-order valence-electron chi connectivity index (χ4n) is 4.68. The molecule has 0 unspecified atom stereocenters. The quantitative estimate of drug-likeness (QED) is 0.437. The lowest BCUT2D eigenvalue weighted by Crippen LogP contribution is -2.33. The standard InChI is InChI=1S/C25H23FN2O4/c1-2-31-25(30)21-17-6-4-3-5-7-18(17)23(24(21)29)28-12-10-15(11-13-28)22-19-9-8-16(26)14-20(19)32-27-22/h3-9,14-15,29H,2,10-13H2,1H3. The van der Waals surface area contributed by atoms with Crippen LogP contribution in [0.3, 0.4) is 0 Å². The van der Waals surface area contributed by atoms with Gasteiger partial charge in [0.25, 0.3) is 0 Å². The summed E-state index contributed by atoms with van der Waals surface area (Å²) in [5.41, 5.74) is 3.65. The van der Waals surface area contributed by atoms with Crippen LogP contribution in [0.2, 0.25) is 0 Å². The van der Waals surface area contributed by atoms with Gasteiger partial charge in [0.15, 0.2) is 11.3 Å². The van der Waals surface area contributed by atoms with Gasteiger partial charge in [-0.25, -0.2) is 9.18 Å². The number of piperidine rings is 1. The average molecular weight is 434 g/mol. The highest BCUT2D eigenvalue weighted by molar-refractivity contribution is 6.08. The van der Waals surface area contributed by atoms with E-state index in [9.17, 15) is 14.3 Å². The molecule has 0 radical (unpaired) electrons. The van der Waals surface area contributed by atoms with Gasteiger partial charge in [0, 0.05) is 41.6 Å². The van der Waals surface area contributed by atoms with Crippen molar-refractivity contribution >= 4 is 22.6 Å². The van der Waals surface area contributed by atoms with Crippen LogP contribution in [0.15, 0.2) is 53.1 Å². The van der Waals surface area contributed by atoms with Gasteiger partial charge in [-0.2, -0.15) is 0 Å². The second-order valence-electron chi connectivity index (χ2n) is 8.00. The molecule has 0 bridgehead atoms. The van der Waals surface area contributed by atoms with E-state index in [1.165, 1.54) is 12.1 Å². The number of hydrogen-bond donors (Lipinski definition) is 1. The summed E-state index contributed by atoms with van der Waals surface area (Å²) in [4.78, 5) is 14.7. The molecule has 2 heterocycles. The highest BCUT2D eigenvalue weighted by Crippen LogP contribution is 2.49. The molecule has 2 aromatic rings. The molecule has 0 amide bonds. The van der Waals surface area contributed by atoms with Gasteiger partial charge >= 0.3 is 5.97 Å². The number of fused-ring (bicyclic) bond motifs is 2. The SMILES string of the molecule is CCOC(=O)c1c2cccccc-2c(N2CCC(c3noc4cc(F)ccc34)CC2)c1O. The number of aromatic nitrogens is 1. The summed E-state index contributed by atoms with van der Waals surface area (Å²) < 4.78 is 24.0. The van der Waals surface area contributed by atoms with E-state index in [0.717, 1.165) is 29.5 Å². The molecule has 164 valence electrons. The molecule has 1 aromatic heterocycles. The predicted octanol–water partition coefficient (Wildman–Crippen LogP) is 5.34. The van der Waals surface area contributed by atoms with Crippen LogP contribution >= 0.6 is 0 Å². The number of aromatic hydroxyl groups is 1. The molecule has 1 aliphatic heterocycles. The van der Waals surface area contributed by atoms with E-state index in [0.29, 0.717) is 29.9 Å². The van der Waals surface area contributed by atoms with Crippen molar-refractivity contribution in [3.8, 4) is 16.9 Å². The number of halogens is 1. The van der Waals surface area contributed by atoms with Crippen LogP contribution in [0, 0.1) is 5.82 Å². The van der Waals surface area contributed by atoms with Gasteiger partial charge in [0.1, 0.15) is 11.4 Å². The number of ether oxygens (including phenoxy) is 1.